The molecule has 1 aromatic heterocycles. The Morgan fingerprint density at radius 2 is 2.00 bits per heavy atom. The van der Waals surface area contributed by atoms with E-state index in [0.717, 1.165) is 16.3 Å². The summed E-state index contributed by atoms with van der Waals surface area (Å²) in [5.41, 5.74) is 8.19. The van der Waals surface area contributed by atoms with E-state index < -0.39 is 0 Å². The van der Waals surface area contributed by atoms with E-state index in [9.17, 15) is 0 Å². The number of hydrogen-bond donors (Lipinski definition) is 2. The zero-order valence-electron chi connectivity index (χ0n) is 10.7. The third-order valence-electron chi connectivity index (χ3n) is 2.76. The number of hydrogen-bond acceptors (Lipinski definition) is 4. The lowest BCUT2D eigenvalue weighted by atomic mass is 10.2. The first-order valence-electron chi connectivity index (χ1n) is 5.86. The molecule has 0 bridgehead atoms. The molecule has 1 atom stereocenters. The largest absolute Gasteiger partial charge is 0.396 e. The maximum Gasteiger partial charge on any atom is 0.110 e. The third-order valence-corrected chi connectivity index (χ3v) is 4.53. The van der Waals surface area contributed by atoms with Crippen LogP contribution in [0.3, 0.4) is 0 Å². The summed E-state index contributed by atoms with van der Waals surface area (Å²) in [6, 6.07) is 3.85. The van der Waals surface area contributed by atoms with E-state index >= 15 is 0 Å². The van der Waals surface area contributed by atoms with E-state index in [1.54, 1.807) is 11.3 Å². The molecule has 0 spiro atoms. The number of aryl methyl sites for hydroxylation is 1. The second-order valence-electron chi connectivity index (χ2n) is 4.40. The third kappa shape index (κ3) is 3.60. The van der Waals surface area contributed by atoms with Gasteiger partial charge >= 0.3 is 0 Å². The summed E-state index contributed by atoms with van der Waals surface area (Å²) in [7, 11) is 0. The second-order valence-corrected chi connectivity index (χ2v) is 6.11. The zero-order valence-corrected chi connectivity index (χ0v) is 13.0. The van der Waals surface area contributed by atoms with Gasteiger partial charge in [-0.15, -0.1) is 11.3 Å². The molecule has 102 valence electrons. The van der Waals surface area contributed by atoms with Crippen LogP contribution in [-0.2, 0) is 6.54 Å². The van der Waals surface area contributed by atoms with E-state index in [4.69, 9.17) is 28.9 Å². The van der Waals surface area contributed by atoms with Crippen molar-refractivity contribution in [3.05, 3.63) is 43.8 Å². The van der Waals surface area contributed by atoms with Gasteiger partial charge in [-0.1, -0.05) is 23.2 Å². The smallest absolute Gasteiger partial charge is 0.110 e. The van der Waals surface area contributed by atoms with Gasteiger partial charge in [-0.3, -0.25) is 0 Å². The number of benzene rings is 1. The van der Waals surface area contributed by atoms with Gasteiger partial charge < -0.3 is 11.1 Å². The van der Waals surface area contributed by atoms with Gasteiger partial charge in [-0.25, -0.2) is 4.98 Å². The Bertz CT molecular complexity index is 560. The molecule has 19 heavy (non-hydrogen) atoms. The molecule has 2 aromatic rings. The average Bonchev–Trinajstić information content (AvgIpc) is 2.79. The molecule has 1 heterocycles. The Morgan fingerprint density at radius 3 is 2.53 bits per heavy atom. The molecule has 3 N–H and O–H groups in total. The first kappa shape index (κ1) is 14.6. The number of rotatable bonds is 4. The molecule has 1 unspecified atom stereocenters. The molecule has 1 aromatic carbocycles. The van der Waals surface area contributed by atoms with Gasteiger partial charge in [0.05, 0.1) is 21.8 Å². The first-order chi connectivity index (χ1) is 8.97. The summed E-state index contributed by atoms with van der Waals surface area (Å²) >= 11 is 13.7. The predicted octanol–water partition coefficient (Wildman–Crippen LogP) is 4.19. The van der Waals surface area contributed by atoms with Crippen LogP contribution in [0.1, 0.15) is 29.2 Å². The summed E-state index contributed by atoms with van der Waals surface area (Å²) < 4.78 is 0. The molecule has 0 aliphatic heterocycles. The van der Waals surface area contributed by atoms with Gasteiger partial charge in [-0.05, 0) is 31.5 Å². The van der Waals surface area contributed by atoms with Gasteiger partial charge in [0.2, 0.25) is 0 Å². The van der Waals surface area contributed by atoms with Crippen LogP contribution in [-0.4, -0.2) is 4.98 Å². The fourth-order valence-electron chi connectivity index (χ4n) is 1.67. The first-order valence-corrected chi connectivity index (χ1v) is 7.49. The quantitative estimate of drug-likeness (QED) is 0.832. The number of thiazole rings is 1. The number of nitrogen functional groups attached to an aromatic ring is 1. The monoisotopic (exact) mass is 315 g/mol. The molecule has 0 radical (unpaired) electrons. The normalized spacial score (nSPS) is 12.6. The molecule has 0 fully saturated rings. The van der Waals surface area contributed by atoms with Crippen molar-refractivity contribution in [2.24, 2.45) is 0 Å². The topological polar surface area (TPSA) is 50.9 Å². The van der Waals surface area contributed by atoms with Gasteiger partial charge in [0.15, 0.2) is 0 Å². The van der Waals surface area contributed by atoms with Crippen LogP contribution >= 0.6 is 34.5 Å². The van der Waals surface area contributed by atoms with Gasteiger partial charge in [0, 0.05) is 17.6 Å². The molecule has 3 nitrogen and oxygen atoms in total. The van der Waals surface area contributed by atoms with Crippen molar-refractivity contribution in [1.29, 1.82) is 0 Å². The van der Waals surface area contributed by atoms with Crippen molar-refractivity contribution in [3.8, 4) is 0 Å². The van der Waals surface area contributed by atoms with Crippen LogP contribution in [0.25, 0.3) is 0 Å². The Hall–Kier alpha value is -0.810. The highest BCUT2D eigenvalue weighted by molar-refractivity contribution is 7.09. The van der Waals surface area contributed by atoms with Gasteiger partial charge in [-0.2, -0.15) is 0 Å². The number of nitrogens with zero attached hydrogens (tertiary/aromatic N) is 1. The number of nitrogens with two attached hydrogens (primary N) is 1. The van der Waals surface area contributed by atoms with E-state index in [1.165, 1.54) is 0 Å². The standard InChI is InChI=1S/C13H15Cl2N3S/c1-7-6-19-13(18-7)8(2)17-5-9-3-10(14)12(16)11(15)4-9/h3-4,6,8,17H,5,16H2,1-2H3. The average molecular weight is 316 g/mol. The molecule has 0 amide bonds. The van der Waals surface area contributed by atoms with Crippen molar-refractivity contribution >= 4 is 40.2 Å². The molecule has 6 heteroatoms. The molecule has 0 saturated heterocycles. The summed E-state index contributed by atoms with van der Waals surface area (Å²) in [6.07, 6.45) is 0. The number of anilines is 1. The van der Waals surface area contributed by atoms with Crippen molar-refractivity contribution < 1.29 is 0 Å². The number of aromatic nitrogens is 1. The highest BCUT2D eigenvalue weighted by Gasteiger charge is 2.10. The molecule has 2 rings (SSSR count). The minimum atomic E-state index is 0.189. The van der Waals surface area contributed by atoms with Crippen LogP contribution in [0.4, 0.5) is 5.69 Å². The van der Waals surface area contributed by atoms with Crippen LogP contribution in [0.15, 0.2) is 17.5 Å². The van der Waals surface area contributed by atoms with Crippen LogP contribution < -0.4 is 11.1 Å². The van der Waals surface area contributed by atoms with E-state index in [0.29, 0.717) is 22.3 Å². The highest BCUT2D eigenvalue weighted by Crippen LogP contribution is 2.29. The SMILES string of the molecule is Cc1csc(C(C)NCc2cc(Cl)c(N)c(Cl)c2)n1. The Balaban J connectivity index is 2.03. The van der Waals surface area contributed by atoms with Crippen molar-refractivity contribution in [1.82, 2.24) is 10.3 Å². The number of nitrogens with one attached hydrogen (secondary N) is 1. The molecule has 0 aliphatic rings. The van der Waals surface area contributed by atoms with Crippen LogP contribution in [0, 0.1) is 6.92 Å². The molecular formula is C13H15Cl2N3S. The highest BCUT2D eigenvalue weighted by atomic mass is 35.5. The summed E-state index contributed by atoms with van der Waals surface area (Å²) in [4.78, 5) is 4.46. The minimum absolute atomic E-state index is 0.189. The van der Waals surface area contributed by atoms with Crippen LogP contribution in [0.2, 0.25) is 10.0 Å². The fraction of sp³-hybridized carbons (Fsp3) is 0.308. The summed E-state index contributed by atoms with van der Waals surface area (Å²) in [5.74, 6) is 0. The maximum atomic E-state index is 6.01. The van der Waals surface area contributed by atoms with E-state index in [1.807, 2.05) is 24.4 Å². The summed E-state index contributed by atoms with van der Waals surface area (Å²) in [5, 5.41) is 7.49. The van der Waals surface area contributed by atoms with Crippen molar-refractivity contribution in [2.75, 3.05) is 5.73 Å². The maximum absolute atomic E-state index is 6.01. The minimum Gasteiger partial charge on any atom is -0.396 e. The Morgan fingerprint density at radius 1 is 1.37 bits per heavy atom. The Kier molecular flexibility index (Phi) is 4.68. The van der Waals surface area contributed by atoms with Gasteiger partial charge in [0.25, 0.3) is 0 Å². The Labute approximate surface area is 126 Å². The number of halogens is 2. The lowest BCUT2D eigenvalue weighted by Crippen LogP contribution is -2.18. The van der Waals surface area contributed by atoms with E-state index in [-0.39, 0.29) is 6.04 Å². The lowest BCUT2D eigenvalue weighted by molar-refractivity contribution is 0.571. The van der Waals surface area contributed by atoms with Crippen molar-refractivity contribution in [3.63, 3.8) is 0 Å². The second kappa shape index (κ2) is 6.09. The fourth-order valence-corrected chi connectivity index (χ4v) is 3.03. The molecule has 0 saturated carbocycles. The lowest BCUT2D eigenvalue weighted by Gasteiger charge is -2.12. The van der Waals surface area contributed by atoms with Gasteiger partial charge in [0.1, 0.15) is 5.01 Å². The van der Waals surface area contributed by atoms with E-state index in [2.05, 4.69) is 17.2 Å². The predicted molar refractivity (Wildman–Crippen MR) is 83.0 cm³/mol. The molecule has 0 aliphatic carbocycles. The van der Waals surface area contributed by atoms with Crippen LogP contribution in [0.5, 0.6) is 0 Å². The zero-order chi connectivity index (χ0) is 14.0. The van der Waals surface area contributed by atoms with Crippen molar-refractivity contribution in [2.45, 2.75) is 26.4 Å². The molecular weight excluding hydrogens is 301 g/mol. The summed E-state index contributed by atoms with van der Waals surface area (Å²) in [6.45, 7) is 4.74.